The minimum Gasteiger partial charge on any atom is -0.545 e. The number of benzene rings is 1. The highest BCUT2D eigenvalue weighted by atomic mass is 32.2. The molecule has 1 atom stereocenters. The van der Waals surface area contributed by atoms with Crippen LogP contribution in [0.25, 0.3) is 0 Å². The number of carbonyl (C=O) groups excluding carboxylic acids is 3. The van der Waals surface area contributed by atoms with E-state index in [4.69, 9.17) is 0 Å². The third-order valence-electron chi connectivity index (χ3n) is 2.08. The number of anilines is 1. The van der Waals surface area contributed by atoms with E-state index in [-0.39, 0.29) is 5.56 Å². The number of nitrogens with one attached hydrogen (secondary N) is 2. The standard InChI is InChI=1S/C10H8N2O4S/c13-7-8(17-10(16)12-7)11-6-3-1-2-5(4-6)9(14)15/h1-4,8,11H,(H,14,15)(H,12,13,16)/p-1/t8-/m0/s1. The molecule has 1 aliphatic heterocycles. The number of hydrogen-bond acceptors (Lipinski definition) is 6. The molecule has 0 saturated carbocycles. The van der Waals surface area contributed by atoms with Crippen molar-refractivity contribution < 1.29 is 19.5 Å². The lowest BCUT2D eigenvalue weighted by Crippen LogP contribution is -2.29. The summed E-state index contributed by atoms with van der Waals surface area (Å²) in [5.74, 6) is -1.74. The van der Waals surface area contributed by atoms with Crippen LogP contribution >= 0.6 is 11.8 Å². The number of thioether (sulfide) groups is 1. The first-order chi connectivity index (χ1) is 8.06. The molecule has 6 nitrogen and oxygen atoms in total. The molecular weight excluding hydrogens is 244 g/mol. The Morgan fingerprint density at radius 3 is 2.76 bits per heavy atom. The van der Waals surface area contributed by atoms with Gasteiger partial charge in [0, 0.05) is 5.69 Å². The van der Waals surface area contributed by atoms with Crippen molar-refractivity contribution in [2.24, 2.45) is 0 Å². The average Bonchev–Trinajstić information content (AvgIpc) is 2.58. The van der Waals surface area contributed by atoms with Gasteiger partial charge in [-0.1, -0.05) is 12.1 Å². The first-order valence-electron chi connectivity index (χ1n) is 4.66. The van der Waals surface area contributed by atoms with Crippen LogP contribution in [0.5, 0.6) is 0 Å². The van der Waals surface area contributed by atoms with Gasteiger partial charge in [0.15, 0.2) is 5.37 Å². The van der Waals surface area contributed by atoms with E-state index in [0.29, 0.717) is 5.69 Å². The zero-order chi connectivity index (χ0) is 12.4. The summed E-state index contributed by atoms with van der Waals surface area (Å²) in [4.78, 5) is 32.8. The smallest absolute Gasteiger partial charge is 0.288 e. The highest BCUT2D eigenvalue weighted by Gasteiger charge is 2.31. The van der Waals surface area contributed by atoms with E-state index in [2.05, 4.69) is 10.6 Å². The maximum absolute atomic E-state index is 11.3. The Morgan fingerprint density at radius 1 is 1.41 bits per heavy atom. The second kappa shape index (κ2) is 4.46. The molecule has 0 bridgehead atoms. The second-order valence-electron chi connectivity index (χ2n) is 3.29. The van der Waals surface area contributed by atoms with Crippen molar-refractivity contribution in [3.8, 4) is 0 Å². The largest absolute Gasteiger partial charge is 0.545 e. The summed E-state index contributed by atoms with van der Waals surface area (Å²) in [7, 11) is 0. The van der Waals surface area contributed by atoms with Crippen LogP contribution in [0, 0.1) is 0 Å². The molecule has 1 fully saturated rings. The highest BCUT2D eigenvalue weighted by Crippen LogP contribution is 2.21. The lowest BCUT2D eigenvalue weighted by Gasteiger charge is -2.11. The van der Waals surface area contributed by atoms with E-state index in [9.17, 15) is 19.5 Å². The van der Waals surface area contributed by atoms with E-state index in [0.717, 1.165) is 11.8 Å². The third kappa shape index (κ3) is 2.56. The monoisotopic (exact) mass is 251 g/mol. The van der Waals surface area contributed by atoms with Gasteiger partial charge in [-0.15, -0.1) is 0 Å². The van der Waals surface area contributed by atoms with Crippen LogP contribution in [0.4, 0.5) is 10.5 Å². The number of carboxylic acid groups (broad SMARTS) is 1. The maximum Gasteiger partial charge on any atom is 0.288 e. The minimum atomic E-state index is -1.30. The Balaban J connectivity index is 2.13. The van der Waals surface area contributed by atoms with E-state index in [1.54, 1.807) is 6.07 Å². The minimum absolute atomic E-state index is 0.00438. The molecule has 1 aromatic carbocycles. The topological polar surface area (TPSA) is 98.3 Å². The Labute approximate surface area is 100 Å². The summed E-state index contributed by atoms with van der Waals surface area (Å²) < 4.78 is 0. The quantitative estimate of drug-likeness (QED) is 0.770. The summed E-state index contributed by atoms with van der Waals surface area (Å²) in [6, 6.07) is 5.84. The third-order valence-corrected chi connectivity index (χ3v) is 2.97. The fourth-order valence-electron chi connectivity index (χ4n) is 1.34. The fourth-order valence-corrected chi connectivity index (χ4v) is 2.07. The summed E-state index contributed by atoms with van der Waals surface area (Å²) in [6.45, 7) is 0. The van der Waals surface area contributed by atoms with Crippen LogP contribution in [0.15, 0.2) is 24.3 Å². The molecule has 1 saturated heterocycles. The lowest BCUT2D eigenvalue weighted by molar-refractivity contribution is -0.255. The molecule has 1 aliphatic rings. The van der Waals surface area contributed by atoms with Gasteiger partial charge in [-0.3, -0.25) is 14.9 Å². The number of carboxylic acids is 1. The van der Waals surface area contributed by atoms with Crippen LogP contribution in [0.2, 0.25) is 0 Å². The molecule has 88 valence electrons. The molecule has 0 spiro atoms. The molecule has 17 heavy (non-hydrogen) atoms. The Hall–Kier alpha value is -2.02. The molecule has 1 heterocycles. The molecule has 2 rings (SSSR count). The van der Waals surface area contributed by atoms with E-state index >= 15 is 0 Å². The van der Waals surface area contributed by atoms with Crippen molar-refractivity contribution in [3.05, 3.63) is 29.8 Å². The number of imide groups is 1. The number of hydrogen-bond donors (Lipinski definition) is 2. The van der Waals surface area contributed by atoms with Gasteiger partial charge in [-0.2, -0.15) is 0 Å². The first kappa shape index (κ1) is 11.5. The Bertz CT molecular complexity index is 503. The maximum atomic E-state index is 11.3. The van der Waals surface area contributed by atoms with Crippen molar-refractivity contribution >= 4 is 34.6 Å². The van der Waals surface area contributed by atoms with Crippen LogP contribution in [-0.4, -0.2) is 22.5 Å². The van der Waals surface area contributed by atoms with Crippen LogP contribution in [-0.2, 0) is 4.79 Å². The SMILES string of the molecule is O=C1NC(=O)[C@@H](Nc2cccc(C(=O)[O-])c2)S1. The first-order valence-corrected chi connectivity index (χ1v) is 5.53. The summed E-state index contributed by atoms with van der Waals surface area (Å²) in [6.07, 6.45) is 0. The van der Waals surface area contributed by atoms with Crippen LogP contribution in [0.3, 0.4) is 0 Å². The van der Waals surface area contributed by atoms with Crippen molar-refractivity contribution in [2.75, 3.05) is 5.32 Å². The van der Waals surface area contributed by atoms with Gasteiger partial charge in [0.05, 0.1) is 5.97 Å². The molecule has 2 N–H and O–H groups in total. The normalized spacial score (nSPS) is 18.9. The van der Waals surface area contributed by atoms with Gasteiger partial charge >= 0.3 is 0 Å². The molecule has 1 aromatic rings. The summed E-state index contributed by atoms with van der Waals surface area (Å²) in [5, 5.41) is 14.3. The van der Waals surface area contributed by atoms with Gasteiger partial charge in [-0.05, 0) is 29.5 Å². The van der Waals surface area contributed by atoms with Crippen molar-refractivity contribution in [1.29, 1.82) is 0 Å². The van der Waals surface area contributed by atoms with Gasteiger partial charge in [0.1, 0.15) is 0 Å². The molecule has 0 radical (unpaired) electrons. The molecule has 0 aliphatic carbocycles. The van der Waals surface area contributed by atoms with E-state index in [1.165, 1.54) is 18.2 Å². The highest BCUT2D eigenvalue weighted by molar-refractivity contribution is 8.15. The van der Waals surface area contributed by atoms with Crippen LogP contribution in [0.1, 0.15) is 10.4 Å². The van der Waals surface area contributed by atoms with Crippen molar-refractivity contribution in [3.63, 3.8) is 0 Å². The molecule has 0 unspecified atom stereocenters. The average molecular weight is 251 g/mol. The van der Waals surface area contributed by atoms with Crippen LogP contribution < -0.4 is 15.7 Å². The zero-order valence-electron chi connectivity index (χ0n) is 8.43. The zero-order valence-corrected chi connectivity index (χ0v) is 9.24. The second-order valence-corrected chi connectivity index (χ2v) is 4.37. The van der Waals surface area contributed by atoms with E-state index in [1.807, 2.05) is 0 Å². The predicted molar refractivity (Wildman–Crippen MR) is 59.3 cm³/mol. The van der Waals surface area contributed by atoms with Gasteiger partial charge in [0.25, 0.3) is 11.1 Å². The fraction of sp³-hybridized carbons (Fsp3) is 0.100. The molecule has 2 amide bonds. The van der Waals surface area contributed by atoms with Gasteiger partial charge < -0.3 is 15.2 Å². The van der Waals surface area contributed by atoms with Crippen molar-refractivity contribution in [2.45, 2.75) is 5.37 Å². The summed E-state index contributed by atoms with van der Waals surface area (Å²) >= 11 is 0.809. The number of carbonyl (C=O) groups is 3. The Kier molecular flexibility index (Phi) is 3.01. The van der Waals surface area contributed by atoms with Gasteiger partial charge in [0.2, 0.25) is 0 Å². The molecule has 7 heteroatoms. The lowest BCUT2D eigenvalue weighted by atomic mass is 10.2. The number of amides is 2. The predicted octanol–water partition coefficient (Wildman–Crippen LogP) is -0.229. The number of aromatic carboxylic acids is 1. The molecule has 0 aromatic heterocycles. The Morgan fingerprint density at radius 2 is 2.18 bits per heavy atom. The number of rotatable bonds is 3. The van der Waals surface area contributed by atoms with Gasteiger partial charge in [-0.25, -0.2) is 0 Å². The van der Waals surface area contributed by atoms with E-state index < -0.39 is 22.5 Å². The van der Waals surface area contributed by atoms with Crippen molar-refractivity contribution in [1.82, 2.24) is 5.32 Å². The molecular formula is C10H7N2O4S-. The summed E-state index contributed by atoms with van der Waals surface area (Å²) in [5.41, 5.74) is 0.443.